The molecule has 2 aromatic carbocycles. The minimum absolute atomic E-state index is 0.167. The predicted octanol–water partition coefficient (Wildman–Crippen LogP) is 3.78. The van der Waals surface area contributed by atoms with Crippen LogP contribution in [0.3, 0.4) is 0 Å². The van der Waals surface area contributed by atoms with Gasteiger partial charge in [0.15, 0.2) is 6.10 Å². The lowest BCUT2D eigenvalue weighted by molar-refractivity contribution is -0.138. The number of fused-ring (bicyclic) bond motifs is 1. The van der Waals surface area contributed by atoms with Gasteiger partial charge in [-0.3, -0.25) is 9.59 Å². The minimum atomic E-state index is -0.657. The highest BCUT2D eigenvalue weighted by Gasteiger charge is 2.22. The third kappa shape index (κ3) is 4.70. The topological polar surface area (TPSA) is 75.3 Å². The molecule has 0 saturated carbocycles. The normalized spacial score (nSPS) is 12.0. The highest BCUT2D eigenvalue weighted by atomic mass is 35.5. The molecule has 28 heavy (non-hydrogen) atoms. The van der Waals surface area contributed by atoms with Gasteiger partial charge < -0.3 is 14.6 Å². The minimum Gasteiger partial charge on any atom is -0.481 e. The Kier molecular flexibility index (Phi) is 6.31. The third-order valence-corrected chi connectivity index (χ3v) is 4.50. The van der Waals surface area contributed by atoms with Gasteiger partial charge in [-0.15, -0.1) is 0 Å². The van der Waals surface area contributed by atoms with E-state index >= 15 is 0 Å². The molecule has 0 fully saturated rings. The van der Waals surface area contributed by atoms with E-state index in [1.807, 2.05) is 25.1 Å². The Morgan fingerprint density at radius 2 is 2.00 bits per heavy atom. The molecule has 0 aliphatic heterocycles. The number of aromatic nitrogens is 2. The third-order valence-electron chi connectivity index (χ3n) is 4.27. The average Bonchev–Trinajstić information content (AvgIpc) is 2.67. The summed E-state index contributed by atoms with van der Waals surface area (Å²) in [6.07, 6.45) is 0.114. The summed E-state index contributed by atoms with van der Waals surface area (Å²) in [5.41, 5.74) is 0.248. The van der Waals surface area contributed by atoms with Crippen molar-refractivity contribution in [2.24, 2.45) is 0 Å². The molecule has 146 valence electrons. The van der Waals surface area contributed by atoms with Gasteiger partial charge in [-0.05, 0) is 43.7 Å². The van der Waals surface area contributed by atoms with Crippen molar-refractivity contribution in [2.75, 3.05) is 6.54 Å². The number of aromatic amines is 1. The SMILES string of the molecule is CCCN(Cc1nc2cc(Cl)ccc2c(=O)[nH]1)C(=O)C(C)Oc1ccccc1. The van der Waals surface area contributed by atoms with Crippen LogP contribution in [-0.2, 0) is 11.3 Å². The Balaban J connectivity index is 1.81. The fraction of sp³-hybridized carbons (Fsp3) is 0.286. The molecule has 0 radical (unpaired) electrons. The number of hydrogen-bond acceptors (Lipinski definition) is 4. The maximum atomic E-state index is 12.9. The largest absolute Gasteiger partial charge is 0.481 e. The standard InChI is InChI=1S/C21H22ClN3O3/c1-3-11-25(21(27)14(2)28-16-7-5-4-6-8-16)13-19-23-18-12-15(22)9-10-17(18)20(26)24-19/h4-10,12,14H,3,11,13H2,1-2H3,(H,23,24,26). The van der Waals surface area contributed by atoms with Crippen molar-refractivity contribution in [1.29, 1.82) is 0 Å². The number of hydrogen-bond donors (Lipinski definition) is 1. The van der Waals surface area contributed by atoms with Crippen LogP contribution in [0, 0.1) is 0 Å². The molecular weight excluding hydrogens is 378 g/mol. The number of para-hydroxylation sites is 1. The first-order valence-electron chi connectivity index (χ1n) is 9.17. The van der Waals surface area contributed by atoms with Crippen LogP contribution < -0.4 is 10.3 Å². The summed E-state index contributed by atoms with van der Waals surface area (Å²) < 4.78 is 5.75. The number of nitrogens with zero attached hydrogens (tertiary/aromatic N) is 2. The van der Waals surface area contributed by atoms with Crippen LogP contribution in [0.4, 0.5) is 0 Å². The molecule has 1 unspecified atom stereocenters. The second kappa shape index (κ2) is 8.89. The molecule has 1 amide bonds. The lowest BCUT2D eigenvalue weighted by atomic mass is 10.2. The van der Waals surface area contributed by atoms with Gasteiger partial charge in [0.05, 0.1) is 17.4 Å². The Hall–Kier alpha value is -2.86. The molecule has 3 rings (SSSR count). The van der Waals surface area contributed by atoms with Crippen molar-refractivity contribution in [3.8, 4) is 5.75 Å². The van der Waals surface area contributed by atoms with Crippen LogP contribution in [0.2, 0.25) is 5.02 Å². The molecule has 0 aliphatic rings. The van der Waals surface area contributed by atoms with E-state index in [9.17, 15) is 9.59 Å². The van der Waals surface area contributed by atoms with Gasteiger partial charge in [0.25, 0.3) is 11.5 Å². The maximum absolute atomic E-state index is 12.9. The number of carbonyl (C=O) groups is 1. The summed E-state index contributed by atoms with van der Waals surface area (Å²) in [5, 5.41) is 0.963. The van der Waals surface area contributed by atoms with Crippen molar-refractivity contribution < 1.29 is 9.53 Å². The van der Waals surface area contributed by atoms with Crippen LogP contribution in [0.15, 0.2) is 53.3 Å². The predicted molar refractivity (Wildman–Crippen MR) is 110 cm³/mol. The highest BCUT2D eigenvalue weighted by Crippen LogP contribution is 2.16. The number of H-pyrrole nitrogens is 1. The summed E-state index contributed by atoms with van der Waals surface area (Å²) >= 11 is 6.01. The molecule has 7 heteroatoms. The van der Waals surface area contributed by atoms with Gasteiger partial charge in [0.1, 0.15) is 11.6 Å². The van der Waals surface area contributed by atoms with Gasteiger partial charge in [-0.25, -0.2) is 4.98 Å². The zero-order valence-electron chi connectivity index (χ0n) is 15.8. The second-order valence-corrected chi connectivity index (χ2v) is 6.94. The highest BCUT2D eigenvalue weighted by molar-refractivity contribution is 6.31. The molecule has 3 aromatic rings. The summed E-state index contributed by atoms with van der Waals surface area (Å²) in [7, 11) is 0. The number of ether oxygens (including phenoxy) is 1. The van der Waals surface area contributed by atoms with Crippen LogP contribution >= 0.6 is 11.6 Å². The van der Waals surface area contributed by atoms with Crippen molar-refractivity contribution in [3.05, 3.63) is 69.7 Å². The molecular formula is C21H22ClN3O3. The van der Waals surface area contributed by atoms with Crippen LogP contribution in [0.5, 0.6) is 5.75 Å². The summed E-state index contributed by atoms with van der Waals surface area (Å²) in [5.74, 6) is 0.875. The number of nitrogens with one attached hydrogen (secondary N) is 1. The average molecular weight is 400 g/mol. The molecule has 0 bridgehead atoms. The smallest absolute Gasteiger partial charge is 0.263 e. The van der Waals surface area contributed by atoms with Crippen molar-refractivity contribution in [1.82, 2.24) is 14.9 Å². The number of benzene rings is 2. The van der Waals surface area contributed by atoms with Gasteiger partial charge in [0.2, 0.25) is 0 Å². The van der Waals surface area contributed by atoms with E-state index in [4.69, 9.17) is 16.3 Å². The van der Waals surface area contributed by atoms with E-state index in [1.54, 1.807) is 42.2 Å². The molecule has 0 aliphatic carbocycles. The summed E-state index contributed by atoms with van der Waals surface area (Å²) in [4.78, 5) is 34.1. The summed E-state index contributed by atoms with van der Waals surface area (Å²) in [6, 6.07) is 14.1. The molecule has 1 heterocycles. The Labute approximate surface area is 168 Å². The first-order chi connectivity index (χ1) is 13.5. The molecule has 6 nitrogen and oxygen atoms in total. The maximum Gasteiger partial charge on any atom is 0.263 e. The Bertz CT molecular complexity index is 1020. The monoisotopic (exact) mass is 399 g/mol. The summed E-state index contributed by atoms with van der Waals surface area (Å²) in [6.45, 7) is 4.42. The van der Waals surface area contributed by atoms with E-state index in [2.05, 4.69) is 9.97 Å². The molecule has 0 saturated heterocycles. The molecule has 1 N–H and O–H groups in total. The van der Waals surface area contributed by atoms with E-state index in [-0.39, 0.29) is 18.0 Å². The fourth-order valence-electron chi connectivity index (χ4n) is 2.96. The van der Waals surface area contributed by atoms with Crippen LogP contribution in [0.25, 0.3) is 10.9 Å². The van der Waals surface area contributed by atoms with Gasteiger partial charge >= 0.3 is 0 Å². The Morgan fingerprint density at radius 3 is 2.71 bits per heavy atom. The van der Waals surface area contributed by atoms with E-state index in [1.165, 1.54) is 0 Å². The van der Waals surface area contributed by atoms with E-state index in [0.29, 0.717) is 34.0 Å². The van der Waals surface area contributed by atoms with Gasteiger partial charge in [-0.2, -0.15) is 0 Å². The lowest BCUT2D eigenvalue weighted by Gasteiger charge is -2.25. The van der Waals surface area contributed by atoms with Crippen LogP contribution in [0.1, 0.15) is 26.1 Å². The second-order valence-electron chi connectivity index (χ2n) is 6.51. The fourth-order valence-corrected chi connectivity index (χ4v) is 3.13. The Morgan fingerprint density at radius 1 is 1.25 bits per heavy atom. The van der Waals surface area contributed by atoms with E-state index < -0.39 is 6.10 Å². The molecule has 0 spiro atoms. The first kappa shape index (κ1) is 19.9. The lowest BCUT2D eigenvalue weighted by Crippen LogP contribution is -2.41. The number of amides is 1. The van der Waals surface area contributed by atoms with Crippen molar-refractivity contribution >= 4 is 28.4 Å². The zero-order valence-corrected chi connectivity index (χ0v) is 16.6. The van der Waals surface area contributed by atoms with Crippen molar-refractivity contribution in [2.45, 2.75) is 32.9 Å². The number of carbonyl (C=O) groups excluding carboxylic acids is 1. The first-order valence-corrected chi connectivity index (χ1v) is 9.54. The van der Waals surface area contributed by atoms with E-state index in [0.717, 1.165) is 6.42 Å². The molecule has 1 atom stereocenters. The number of halogens is 1. The number of rotatable bonds is 7. The zero-order chi connectivity index (χ0) is 20.1. The quantitative estimate of drug-likeness (QED) is 0.656. The van der Waals surface area contributed by atoms with Gasteiger partial charge in [0, 0.05) is 11.6 Å². The van der Waals surface area contributed by atoms with Crippen LogP contribution in [-0.4, -0.2) is 33.4 Å². The molecule has 1 aromatic heterocycles. The van der Waals surface area contributed by atoms with Gasteiger partial charge in [-0.1, -0.05) is 36.7 Å². The van der Waals surface area contributed by atoms with Crippen molar-refractivity contribution in [3.63, 3.8) is 0 Å².